The molecule has 0 bridgehead atoms. The van der Waals surface area contributed by atoms with E-state index in [1.54, 1.807) is 13.0 Å². The van der Waals surface area contributed by atoms with Gasteiger partial charge in [-0.25, -0.2) is 10.4 Å². The second kappa shape index (κ2) is 5.67. The van der Waals surface area contributed by atoms with Crippen LogP contribution in [0, 0.1) is 6.92 Å². The maximum Gasteiger partial charge on any atom is 0.252 e. The topological polar surface area (TPSA) is 70.1 Å². The molecule has 2 aromatic rings. The molecule has 0 aliphatic heterocycles. The molecular formula is C13H13ClN4O. The Morgan fingerprint density at radius 3 is 2.89 bits per heavy atom. The Balaban J connectivity index is 2.20. The van der Waals surface area contributed by atoms with E-state index in [2.05, 4.69) is 20.5 Å². The van der Waals surface area contributed by atoms with Crippen molar-refractivity contribution in [1.82, 2.24) is 9.97 Å². The molecule has 0 aliphatic rings. The second-order valence-corrected chi connectivity index (χ2v) is 4.49. The lowest BCUT2D eigenvalue weighted by Gasteiger charge is -2.03. The number of hydrazone groups is 1. The summed E-state index contributed by atoms with van der Waals surface area (Å²) in [6.07, 6.45) is 0. The fourth-order valence-corrected chi connectivity index (χ4v) is 1.74. The number of H-pyrrole nitrogens is 1. The molecule has 1 aromatic heterocycles. The maximum absolute atomic E-state index is 11.3. The first-order valence-corrected chi connectivity index (χ1v) is 6.06. The minimum Gasteiger partial charge on any atom is -0.291 e. The van der Waals surface area contributed by atoms with Crippen LogP contribution in [0.4, 0.5) is 5.95 Å². The Hall–Kier alpha value is -2.14. The van der Waals surface area contributed by atoms with E-state index < -0.39 is 0 Å². The van der Waals surface area contributed by atoms with Crippen molar-refractivity contribution >= 4 is 23.3 Å². The van der Waals surface area contributed by atoms with Crippen LogP contribution in [-0.2, 0) is 0 Å². The first kappa shape index (κ1) is 13.3. The summed E-state index contributed by atoms with van der Waals surface area (Å²) in [7, 11) is 0. The lowest BCUT2D eigenvalue weighted by Crippen LogP contribution is -2.11. The molecule has 5 nitrogen and oxygen atoms in total. The van der Waals surface area contributed by atoms with Crippen LogP contribution in [0.3, 0.4) is 0 Å². The Kier molecular flexibility index (Phi) is 3.97. The number of aromatic amines is 1. The Morgan fingerprint density at radius 2 is 2.21 bits per heavy atom. The third-order valence-electron chi connectivity index (χ3n) is 2.44. The molecule has 2 N–H and O–H groups in total. The van der Waals surface area contributed by atoms with Gasteiger partial charge in [0.05, 0.1) is 5.71 Å². The predicted octanol–water partition coefficient (Wildman–Crippen LogP) is 2.57. The number of hydrogen-bond donors (Lipinski definition) is 2. The standard InChI is InChI=1S/C13H13ClN4O/c1-8-6-12(19)16-13(15-8)18-17-9(2)10-4-3-5-11(14)7-10/h3-7H,1-2H3,(H2,15,16,18,19)/b17-9+. The van der Waals surface area contributed by atoms with Crippen LogP contribution in [0.5, 0.6) is 0 Å². The van der Waals surface area contributed by atoms with Crippen LogP contribution in [0.1, 0.15) is 18.2 Å². The number of nitrogens with one attached hydrogen (secondary N) is 2. The number of hydrogen-bond acceptors (Lipinski definition) is 4. The highest BCUT2D eigenvalue weighted by Crippen LogP contribution is 2.11. The van der Waals surface area contributed by atoms with E-state index >= 15 is 0 Å². The zero-order chi connectivity index (χ0) is 13.8. The summed E-state index contributed by atoms with van der Waals surface area (Å²) in [5.74, 6) is 0.311. The molecule has 1 aromatic carbocycles. The second-order valence-electron chi connectivity index (χ2n) is 4.05. The molecular weight excluding hydrogens is 264 g/mol. The predicted molar refractivity (Wildman–Crippen MR) is 76.9 cm³/mol. The van der Waals surface area contributed by atoms with Crippen molar-refractivity contribution in [1.29, 1.82) is 0 Å². The van der Waals surface area contributed by atoms with Gasteiger partial charge in [0.15, 0.2) is 0 Å². The molecule has 0 aliphatic carbocycles. The van der Waals surface area contributed by atoms with Crippen LogP contribution >= 0.6 is 11.6 Å². The van der Waals surface area contributed by atoms with Crippen LogP contribution in [0.15, 0.2) is 40.2 Å². The van der Waals surface area contributed by atoms with Crippen LogP contribution < -0.4 is 11.0 Å². The van der Waals surface area contributed by atoms with Gasteiger partial charge in [-0.05, 0) is 31.5 Å². The van der Waals surface area contributed by atoms with Crippen molar-refractivity contribution in [2.24, 2.45) is 5.10 Å². The van der Waals surface area contributed by atoms with E-state index in [1.807, 2.05) is 25.1 Å². The molecule has 0 radical (unpaired) electrons. The van der Waals surface area contributed by atoms with Crippen LogP contribution in [0.25, 0.3) is 0 Å². The number of halogens is 1. The smallest absolute Gasteiger partial charge is 0.252 e. The van der Waals surface area contributed by atoms with E-state index in [0.29, 0.717) is 16.7 Å². The molecule has 0 amide bonds. The third kappa shape index (κ3) is 3.66. The number of nitrogens with zero attached hydrogens (tertiary/aromatic N) is 2. The van der Waals surface area contributed by atoms with E-state index in [4.69, 9.17) is 11.6 Å². The first-order valence-electron chi connectivity index (χ1n) is 5.69. The first-order chi connectivity index (χ1) is 9.04. The minimum absolute atomic E-state index is 0.217. The highest BCUT2D eigenvalue weighted by molar-refractivity contribution is 6.31. The average molecular weight is 277 g/mol. The van der Waals surface area contributed by atoms with E-state index in [-0.39, 0.29) is 5.56 Å². The largest absolute Gasteiger partial charge is 0.291 e. The molecule has 19 heavy (non-hydrogen) atoms. The summed E-state index contributed by atoms with van der Waals surface area (Å²) in [6, 6.07) is 8.78. The van der Waals surface area contributed by atoms with Gasteiger partial charge >= 0.3 is 0 Å². The molecule has 0 atom stereocenters. The molecule has 0 fully saturated rings. The van der Waals surface area contributed by atoms with Crippen molar-refractivity contribution in [3.63, 3.8) is 0 Å². The van der Waals surface area contributed by atoms with Gasteiger partial charge in [-0.1, -0.05) is 23.7 Å². The molecule has 0 unspecified atom stereocenters. The summed E-state index contributed by atoms with van der Waals surface area (Å²) >= 11 is 5.91. The number of benzene rings is 1. The van der Waals surface area contributed by atoms with Crippen LogP contribution in [-0.4, -0.2) is 15.7 Å². The summed E-state index contributed by atoms with van der Waals surface area (Å²) in [6.45, 7) is 3.58. The number of aryl methyl sites for hydroxylation is 1. The maximum atomic E-state index is 11.3. The highest BCUT2D eigenvalue weighted by atomic mass is 35.5. The van der Waals surface area contributed by atoms with E-state index in [1.165, 1.54) is 6.07 Å². The summed E-state index contributed by atoms with van der Waals surface area (Å²) in [5, 5.41) is 4.81. The van der Waals surface area contributed by atoms with Crippen molar-refractivity contribution < 1.29 is 0 Å². The van der Waals surface area contributed by atoms with Gasteiger partial charge in [0.2, 0.25) is 5.95 Å². The Labute approximate surface area is 115 Å². The van der Waals surface area contributed by atoms with Gasteiger partial charge in [0.1, 0.15) is 0 Å². The lowest BCUT2D eigenvalue weighted by atomic mass is 10.1. The molecule has 2 rings (SSSR count). The molecule has 1 heterocycles. The molecule has 0 saturated carbocycles. The third-order valence-corrected chi connectivity index (χ3v) is 2.68. The van der Waals surface area contributed by atoms with Crippen molar-refractivity contribution in [2.45, 2.75) is 13.8 Å². The van der Waals surface area contributed by atoms with Crippen molar-refractivity contribution in [3.05, 3.63) is 57.0 Å². The van der Waals surface area contributed by atoms with Gasteiger partial charge in [-0.3, -0.25) is 9.78 Å². The Morgan fingerprint density at radius 1 is 1.42 bits per heavy atom. The van der Waals surface area contributed by atoms with Gasteiger partial charge in [-0.2, -0.15) is 5.10 Å². The quantitative estimate of drug-likeness (QED) is 0.669. The van der Waals surface area contributed by atoms with Crippen LogP contribution in [0.2, 0.25) is 5.02 Å². The number of rotatable bonds is 3. The van der Waals surface area contributed by atoms with Gasteiger partial charge in [-0.15, -0.1) is 0 Å². The van der Waals surface area contributed by atoms with Crippen molar-refractivity contribution in [3.8, 4) is 0 Å². The monoisotopic (exact) mass is 276 g/mol. The zero-order valence-electron chi connectivity index (χ0n) is 10.6. The number of anilines is 1. The lowest BCUT2D eigenvalue weighted by molar-refractivity contribution is 1.04. The fraction of sp³-hybridized carbons (Fsp3) is 0.154. The molecule has 0 spiro atoms. The Bertz CT molecular complexity index is 678. The minimum atomic E-state index is -0.217. The SMILES string of the molecule is C/C(=N\Nc1nc(C)cc(=O)[nH]1)c1cccc(Cl)c1. The average Bonchev–Trinajstić information content (AvgIpc) is 2.35. The van der Waals surface area contributed by atoms with Gasteiger partial charge in [0, 0.05) is 16.8 Å². The van der Waals surface area contributed by atoms with Crippen molar-refractivity contribution in [2.75, 3.05) is 5.43 Å². The highest BCUT2D eigenvalue weighted by Gasteiger charge is 2.00. The zero-order valence-corrected chi connectivity index (χ0v) is 11.3. The van der Waals surface area contributed by atoms with Gasteiger partial charge < -0.3 is 0 Å². The summed E-state index contributed by atoms with van der Waals surface area (Å²) in [5.41, 5.74) is 4.77. The summed E-state index contributed by atoms with van der Waals surface area (Å²) in [4.78, 5) is 17.9. The normalized spacial score (nSPS) is 11.4. The number of aromatic nitrogens is 2. The molecule has 0 saturated heterocycles. The van der Waals surface area contributed by atoms with E-state index in [0.717, 1.165) is 11.3 Å². The molecule has 6 heteroatoms. The van der Waals surface area contributed by atoms with E-state index in [9.17, 15) is 4.79 Å². The fourth-order valence-electron chi connectivity index (χ4n) is 1.55. The summed E-state index contributed by atoms with van der Waals surface area (Å²) < 4.78 is 0. The van der Waals surface area contributed by atoms with Gasteiger partial charge in [0.25, 0.3) is 5.56 Å². The molecule has 98 valence electrons.